The van der Waals surface area contributed by atoms with Crippen molar-refractivity contribution in [1.82, 2.24) is 14.5 Å². The third kappa shape index (κ3) is 3.02. The van der Waals surface area contributed by atoms with Gasteiger partial charge in [0.1, 0.15) is 5.82 Å². The molecule has 1 aromatic heterocycles. The van der Waals surface area contributed by atoms with Gasteiger partial charge in [0.05, 0.1) is 17.9 Å². The first-order valence-corrected chi connectivity index (χ1v) is 8.82. The Morgan fingerprint density at radius 1 is 1.12 bits per heavy atom. The van der Waals surface area contributed by atoms with Gasteiger partial charge in [-0.1, -0.05) is 42.5 Å². The van der Waals surface area contributed by atoms with Gasteiger partial charge in [0.15, 0.2) is 0 Å². The number of aromatic nitrogens is 2. The van der Waals surface area contributed by atoms with Crippen LogP contribution in [0.1, 0.15) is 22.6 Å². The zero-order valence-corrected chi connectivity index (χ0v) is 14.8. The van der Waals surface area contributed by atoms with E-state index in [4.69, 9.17) is 5.73 Å². The van der Waals surface area contributed by atoms with Crippen LogP contribution in [-0.2, 0) is 24.3 Å². The lowest BCUT2D eigenvalue weighted by atomic mass is 9.93. The van der Waals surface area contributed by atoms with Crippen molar-refractivity contribution in [3.05, 3.63) is 83.4 Å². The molecule has 3 aromatic rings. The lowest BCUT2D eigenvalue weighted by Crippen LogP contribution is -2.48. The summed E-state index contributed by atoms with van der Waals surface area (Å²) in [5.74, 6) is 0.654. The molecular formula is C21H22N4O. The molecule has 1 aliphatic rings. The first kappa shape index (κ1) is 16.5. The fraction of sp³-hybridized carbons (Fsp3) is 0.238. The Bertz CT molecular complexity index is 932. The molecule has 1 amide bonds. The van der Waals surface area contributed by atoms with Gasteiger partial charge in [0.25, 0.3) is 0 Å². The van der Waals surface area contributed by atoms with Crippen LogP contribution < -0.4 is 5.73 Å². The average molecular weight is 346 g/mol. The first-order chi connectivity index (χ1) is 12.6. The smallest absolute Gasteiger partial charge is 0.235 e. The van der Waals surface area contributed by atoms with Crippen molar-refractivity contribution in [2.24, 2.45) is 5.73 Å². The molecule has 4 rings (SSSR count). The zero-order chi connectivity index (χ0) is 18.1. The molecule has 5 nitrogen and oxygen atoms in total. The summed E-state index contributed by atoms with van der Waals surface area (Å²) in [6.45, 7) is 3.33. The molecule has 26 heavy (non-hydrogen) atoms. The van der Waals surface area contributed by atoms with Crippen molar-refractivity contribution in [3.63, 3.8) is 0 Å². The van der Waals surface area contributed by atoms with Gasteiger partial charge in [-0.2, -0.15) is 0 Å². The zero-order valence-electron chi connectivity index (χ0n) is 14.8. The third-order valence-electron chi connectivity index (χ3n) is 5.06. The number of benzene rings is 2. The van der Waals surface area contributed by atoms with Crippen molar-refractivity contribution < 1.29 is 4.79 Å². The molecule has 2 heterocycles. The highest BCUT2D eigenvalue weighted by Gasteiger charge is 2.30. The van der Waals surface area contributed by atoms with Crippen LogP contribution in [0.15, 0.2) is 60.8 Å². The Morgan fingerprint density at radius 2 is 1.81 bits per heavy atom. The normalized spacial score (nSPS) is 17.0. The lowest BCUT2D eigenvalue weighted by Gasteiger charge is -2.35. The number of aryl methyl sites for hydroxylation is 1. The van der Waals surface area contributed by atoms with Gasteiger partial charge in [-0.3, -0.25) is 14.3 Å². The van der Waals surface area contributed by atoms with Crippen LogP contribution in [0.3, 0.4) is 0 Å². The summed E-state index contributed by atoms with van der Waals surface area (Å²) < 4.78 is 2.14. The van der Waals surface area contributed by atoms with Gasteiger partial charge in [-0.15, -0.1) is 0 Å². The lowest BCUT2D eigenvalue weighted by molar-refractivity contribution is -0.124. The number of carbonyl (C=O) groups excluding carboxylic acids is 1. The molecule has 0 spiro atoms. The number of imidazole rings is 1. The topological polar surface area (TPSA) is 64.2 Å². The van der Waals surface area contributed by atoms with E-state index in [2.05, 4.69) is 38.7 Å². The van der Waals surface area contributed by atoms with Crippen LogP contribution in [0.4, 0.5) is 0 Å². The molecule has 0 saturated carbocycles. The van der Waals surface area contributed by atoms with Gasteiger partial charge in [-0.05, 0) is 36.6 Å². The summed E-state index contributed by atoms with van der Waals surface area (Å²) in [6.07, 6.45) is 2.55. The van der Waals surface area contributed by atoms with Crippen LogP contribution in [0.2, 0.25) is 0 Å². The van der Waals surface area contributed by atoms with Crippen LogP contribution in [0.25, 0.3) is 5.69 Å². The number of rotatable bonds is 4. The van der Waals surface area contributed by atoms with Gasteiger partial charge >= 0.3 is 0 Å². The van der Waals surface area contributed by atoms with E-state index in [1.807, 2.05) is 43.5 Å². The quantitative estimate of drug-likeness (QED) is 0.790. The van der Waals surface area contributed by atoms with E-state index in [9.17, 15) is 4.79 Å². The number of nitrogens with zero attached hydrogens (tertiary/aromatic N) is 3. The number of para-hydroxylation sites is 1. The van der Waals surface area contributed by atoms with E-state index in [1.165, 1.54) is 11.1 Å². The fourth-order valence-corrected chi connectivity index (χ4v) is 3.76. The van der Waals surface area contributed by atoms with E-state index in [0.717, 1.165) is 17.2 Å². The Balaban J connectivity index is 1.68. The second-order valence-electron chi connectivity index (χ2n) is 6.76. The SMILES string of the molecule is Cc1ncc(CN2Cc3ccccc3C[C@H]2C(N)=O)n1-c1ccccc1. The van der Waals surface area contributed by atoms with E-state index in [0.29, 0.717) is 19.5 Å². The van der Waals surface area contributed by atoms with Crippen LogP contribution in [0, 0.1) is 6.92 Å². The van der Waals surface area contributed by atoms with Gasteiger partial charge in [0.2, 0.25) is 5.91 Å². The number of primary amides is 1. The number of fused-ring (bicyclic) bond motifs is 1. The molecule has 2 N–H and O–H groups in total. The number of carbonyl (C=O) groups is 1. The van der Waals surface area contributed by atoms with Gasteiger partial charge in [-0.25, -0.2) is 4.98 Å². The Morgan fingerprint density at radius 3 is 2.54 bits per heavy atom. The number of hydrogen-bond donors (Lipinski definition) is 1. The number of nitrogens with two attached hydrogens (primary N) is 1. The molecule has 0 unspecified atom stereocenters. The molecule has 1 aliphatic heterocycles. The number of amides is 1. The molecule has 0 fully saturated rings. The van der Waals surface area contributed by atoms with E-state index >= 15 is 0 Å². The van der Waals surface area contributed by atoms with E-state index < -0.39 is 0 Å². The second kappa shape index (κ2) is 6.77. The maximum atomic E-state index is 12.1. The highest BCUT2D eigenvalue weighted by atomic mass is 16.1. The molecule has 0 saturated heterocycles. The molecule has 0 aliphatic carbocycles. The highest BCUT2D eigenvalue weighted by molar-refractivity contribution is 5.80. The van der Waals surface area contributed by atoms with Gasteiger partial charge < -0.3 is 5.73 Å². The Labute approximate surface area is 153 Å². The molecule has 1 atom stereocenters. The minimum absolute atomic E-state index is 0.276. The monoisotopic (exact) mass is 346 g/mol. The molecule has 0 radical (unpaired) electrons. The van der Waals surface area contributed by atoms with Crippen molar-refractivity contribution in [1.29, 1.82) is 0 Å². The molecule has 5 heteroatoms. The highest BCUT2D eigenvalue weighted by Crippen LogP contribution is 2.26. The largest absolute Gasteiger partial charge is 0.368 e. The average Bonchev–Trinajstić information content (AvgIpc) is 3.02. The maximum Gasteiger partial charge on any atom is 0.235 e. The molecular weight excluding hydrogens is 324 g/mol. The fourth-order valence-electron chi connectivity index (χ4n) is 3.76. The van der Waals surface area contributed by atoms with Crippen LogP contribution in [-0.4, -0.2) is 26.4 Å². The predicted molar refractivity (Wildman–Crippen MR) is 101 cm³/mol. The Hall–Kier alpha value is -2.92. The maximum absolute atomic E-state index is 12.1. The predicted octanol–water partition coefficient (Wildman–Crippen LogP) is 2.59. The summed E-state index contributed by atoms with van der Waals surface area (Å²) in [7, 11) is 0. The third-order valence-corrected chi connectivity index (χ3v) is 5.06. The summed E-state index contributed by atoms with van der Waals surface area (Å²) in [5.41, 5.74) is 10.3. The van der Waals surface area contributed by atoms with Crippen LogP contribution in [0.5, 0.6) is 0 Å². The summed E-state index contributed by atoms with van der Waals surface area (Å²) >= 11 is 0. The van der Waals surface area contributed by atoms with Crippen molar-refractivity contribution in [2.75, 3.05) is 0 Å². The van der Waals surface area contributed by atoms with Gasteiger partial charge in [0, 0.05) is 18.8 Å². The Kier molecular flexibility index (Phi) is 4.31. The van der Waals surface area contributed by atoms with Crippen LogP contribution >= 0.6 is 0 Å². The minimum Gasteiger partial charge on any atom is -0.368 e. The van der Waals surface area contributed by atoms with Crippen molar-refractivity contribution in [3.8, 4) is 5.69 Å². The van der Waals surface area contributed by atoms with E-state index in [1.54, 1.807) is 0 Å². The minimum atomic E-state index is -0.302. The summed E-state index contributed by atoms with van der Waals surface area (Å²) in [4.78, 5) is 18.7. The van der Waals surface area contributed by atoms with Crippen molar-refractivity contribution in [2.45, 2.75) is 32.5 Å². The molecule has 0 bridgehead atoms. The molecule has 2 aromatic carbocycles. The van der Waals surface area contributed by atoms with E-state index in [-0.39, 0.29) is 11.9 Å². The summed E-state index contributed by atoms with van der Waals surface area (Å²) in [6, 6.07) is 18.1. The van der Waals surface area contributed by atoms with Crippen molar-refractivity contribution >= 4 is 5.91 Å². The number of hydrogen-bond acceptors (Lipinski definition) is 3. The second-order valence-corrected chi connectivity index (χ2v) is 6.76. The molecule has 132 valence electrons. The first-order valence-electron chi connectivity index (χ1n) is 8.82. The standard InChI is InChI=1S/C21H22N4O/c1-15-23-12-19(25(15)18-9-3-2-4-10-18)14-24-13-17-8-6-5-7-16(17)11-20(24)21(22)26/h2-10,12,20H,11,13-14H2,1H3,(H2,22,26)/t20-/m0/s1. The summed E-state index contributed by atoms with van der Waals surface area (Å²) in [5, 5.41) is 0.